The Morgan fingerprint density at radius 3 is 2.38 bits per heavy atom. The van der Waals surface area contributed by atoms with Gasteiger partial charge in [0.15, 0.2) is 18.4 Å². The molecular weight excluding hydrogens is 648 g/mol. The quantitative estimate of drug-likeness (QED) is 0.230. The third kappa shape index (κ3) is 5.61. The van der Waals surface area contributed by atoms with Crippen molar-refractivity contribution < 1.29 is 59.1 Å². The van der Waals surface area contributed by atoms with Crippen LogP contribution in [-0.2, 0) is 28.4 Å². The van der Waals surface area contributed by atoms with Crippen LogP contribution in [0.1, 0.15) is 85.5 Å². The molecule has 50 heavy (non-hydrogen) atoms. The molecule has 4 aliphatic heterocycles. The van der Waals surface area contributed by atoms with E-state index in [1.165, 1.54) is 24.8 Å². The molecule has 1 unspecified atom stereocenters. The van der Waals surface area contributed by atoms with Gasteiger partial charge in [0, 0.05) is 12.3 Å². The van der Waals surface area contributed by atoms with E-state index < -0.39 is 67.7 Å². The summed E-state index contributed by atoms with van der Waals surface area (Å²) in [5.41, 5.74) is 1.75. The van der Waals surface area contributed by atoms with Gasteiger partial charge in [-0.1, -0.05) is 39.3 Å². The third-order valence-electron chi connectivity index (χ3n) is 15.2. The maximum atomic E-state index is 11.1. The topological polar surface area (TPSA) is 177 Å². The van der Waals surface area contributed by atoms with Crippen LogP contribution in [0, 0.1) is 46.3 Å². The number of fused-ring (bicyclic) bond motifs is 7. The third-order valence-corrected chi connectivity index (χ3v) is 15.2. The number of ether oxygens (including phenoxy) is 6. The number of aliphatic hydroxyl groups is 6. The molecule has 6 N–H and O–H groups in total. The Hall–Kier alpha value is -0.740. The van der Waals surface area contributed by atoms with Gasteiger partial charge in [-0.3, -0.25) is 0 Å². The molecular formula is C38H60O12. The molecule has 8 aliphatic rings. The molecule has 3 saturated carbocycles. The standard InChI is InChI=1S/C38H60O12/c1-18-7-12-38(46-16-18)19(2)28-26(50-38)14-24-22-6-5-20-13-21(8-10-36(20,3)23(22)9-11-37(24,28)4)47-35-32(44)30(42)33(27(15-39)48-35)49-34-31(43)29(41)25(40)17-45-34/h5,18-19,21-35,39-44H,6-17H2,1-4H3/t18-,19+,21?,22-,23+,24+,25+,26+,27-,28+,29+,30-,31-,32-,33-,34+,35-,36+,37+,38-/m1/s1. The molecule has 20 atom stereocenters. The van der Waals surface area contributed by atoms with Gasteiger partial charge in [0.1, 0.15) is 42.7 Å². The van der Waals surface area contributed by atoms with Gasteiger partial charge in [-0.25, -0.2) is 0 Å². The van der Waals surface area contributed by atoms with E-state index in [0.717, 1.165) is 45.1 Å². The van der Waals surface area contributed by atoms with E-state index in [0.29, 0.717) is 35.5 Å². The summed E-state index contributed by atoms with van der Waals surface area (Å²) in [5.74, 6) is 3.00. The van der Waals surface area contributed by atoms with Crippen molar-refractivity contribution in [2.75, 3.05) is 19.8 Å². The Morgan fingerprint density at radius 1 is 0.860 bits per heavy atom. The molecule has 0 bridgehead atoms. The smallest absolute Gasteiger partial charge is 0.186 e. The number of rotatable bonds is 5. The second-order valence-corrected chi connectivity index (χ2v) is 17.8. The van der Waals surface area contributed by atoms with Crippen LogP contribution in [0.2, 0.25) is 0 Å². The van der Waals surface area contributed by atoms with Crippen molar-refractivity contribution in [1.29, 1.82) is 0 Å². The van der Waals surface area contributed by atoms with E-state index in [1.54, 1.807) is 0 Å². The highest BCUT2D eigenvalue weighted by atomic mass is 16.7. The van der Waals surface area contributed by atoms with Crippen LogP contribution in [0.5, 0.6) is 0 Å². The van der Waals surface area contributed by atoms with Crippen molar-refractivity contribution in [3.63, 3.8) is 0 Å². The SMILES string of the molecule is C[C@@H]1CC[C@@]2(OC1)O[C@H]1C[C@H]3[C@@H]4CC=C5CC(O[C@@H]6O[C@H](CO)[C@@H](O[C@@H]7OC[C@H](O)[C@H](O)[C@H]7O)[C@H](O)[C@H]6O)CC[C@]5(C)[C@H]4CC[C@]3(C)[C@H]1[C@@H]2C. The monoisotopic (exact) mass is 708 g/mol. The lowest BCUT2D eigenvalue weighted by molar-refractivity contribution is -0.353. The molecule has 284 valence electrons. The molecule has 0 aromatic carbocycles. The average molecular weight is 709 g/mol. The Bertz CT molecular complexity index is 1270. The van der Waals surface area contributed by atoms with Crippen LogP contribution in [0.3, 0.4) is 0 Å². The molecule has 4 heterocycles. The average Bonchev–Trinajstić information content (AvgIpc) is 3.55. The van der Waals surface area contributed by atoms with Gasteiger partial charge in [0.2, 0.25) is 0 Å². The summed E-state index contributed by atoms with van der Waals surface area (Å²) in [5, 5.41) is 62.4. The van der Waals surface area contributed by atoms with E-state index in [2.05, 4.69) is 33.8 Å². The summed E-state index contributed by atoms with van der Waals surface area (Å²) >= 11 is 0. The van der Waals surface area contributed by atoms with Crippen molar-refractivity contribution in [3.8, 4) is 0 Å². The van der Waals surface area contributed by atoms with E-state index in [-0.39, 0.29) is 29.6 Å². The molecule has 4 aliphatic carbocycles. The Labute approximate surface area is 295 Å². The molecule has 0 amide bonds. The number of hydrogen-bond acceptors (Lipinski definition) is 12. The van der Waals surface area contributed by atoms with Gasteiger partial charge in [0.25, 0.3) is 0 Å². The minimum Gasteiger partial charge on any atom is -0.394 e. The number of allylic oxidation sites excluding steroid dienone is 1. The lowest BCUT2D eigenvalue weighted by atomic mass is 9.47. The van der Waals surface area contributed by atoms with Crippen molar-refractivity contribution >= 4 is 0 Å². The first-order valence-electron chi connectivity index (χ1n) is 19.4. The first-order valence-corrected chi connectivity index (χ1v) is 19.4. The fourth-order valence-electron chi connectivity index (χ4n) is 12.3. The lowest BCUT2D eigenvalue weighted by Crippen LogP contribution is -2.63. The summed E-state index contributed by atoms with van der Waals surface area (Å²) in [6, 6.07) is 0. The predicted molar refractivity (Wildman–Crippen MR) is 177 cm³/mol. The second kappa shape index (κ2) is 13.2. The summed E-state index contributed by atoms with van der Waals surface area (Å²) in [6.07, 6.45) is -0.517. The predicted octanol–water partition coefficient (Wildman–Crippen LogP) is 2.00. The Kier molecular flexibility index (Phi) is 9.59. The molecule has 8 rings (SSSR count). The summed E-state index contributed by atoms with van der Waals surface area (Å²) in [4.78, 5) is 0. The summed E-state index contributed by atoms with van der Waals surface area (Å²) in [7, 11) is 0. The molecule has 0 aromatic heterocycles. The normalized spacial score (nSPS) is 57.8. The van der Waals surface area contributed by atoms with Crippen molar-refractivity contribution in [2.24, 2.45) is 46.3 Å². The molecule has 4 saturated heterocycles. The Balaban J connectivity index is 0.915. The van der Waals surface area contributed by atoms with Gasteiger partial charge < -0.3 is 59.1 Å². The van der Waals surface area contributed by atoms with E-state index >= 15 is 0 Å². The van der Waals surface area contributed by atoms with Gasteiger partial charge in [-0.15, -0.1) is 0 Å². The van der Waals surface area contributed by atoms with Crippen LogP contribution in [0.4, 0.5) is 0 Å². The highest BCUT2D eigenvalue weighted by Gasteiger charge is 2.68. The second-order valence-electron chi connectivity index (χ2n) is 17.8. The largest absolute Gasteiger partial charge is 0.394 e. The van der Waals surface area contributed by atoms with E-state index in [1.807, 2.05) is 0 Å². The summed E-state index contributed by atoms with van der Waals surface area (Å²) < 4.78 is 36.8. The molecule has 7 fully saturated rings. The minimum atomic E-state index is -1.59. The van der Waals surface area contributed by atoms with Crippen LogP contribution in [0.25, 0.3) is 0 Å². The first kappa shape index (κ1) is 36.2. The summed E-state index contributed by atoms with van der Waals surface area (Å²) in [6.45, 7) is 9.66. The minimum absolute atomic E-state index is 0.0786. The zero-order chi connectivity index (χ0) is 35.3. The van der Waals surface area contributed by atoms with E-state index in [4.69, 9.17) is 28.4 Å². The molecule has 0 radical (unpaired) electrons. The van der Waals surface area contributed by atoms with E-state index in [9.17, 15) is 30.6 Å². The first-order chi connectivity index (χ1) is 23.8. The molecule has 12 nitrogen and oxygen atoms in total. The molecule has 1 spiro atoms. The molecule has 0 aromatic rings. The maximum absolute atomic E-state index is 11.1. The lowest BCUT2D eigenvalue weighted by Gasteiger charge is -2.58. The molecule has 12 heteroatoms. The van der Waals surface area contributed by atoms with Gasteiger partial charge >= 0.3 is 0 Å². The van der Waals surface area contributed by atoms with Gasteiger partial charge in [-0.2, -0.15) is 0 Å². The maximum Gasteiger partial charge on any atom is 0.186 e. The van der Waals surface area contributed by atoms with Crippen LogP contribution >= 0.6 is 0 Å². The van der Waals surface area contributed by atoms with Crippen LogP contribution < -0.4 is 0 Å². The number of aliphatic hydroxyl groups excluding tert-OH is 6. The zero-order valence-electron chi connectivity index (χ0n) is 30.0. The van der Waals surface area contributed by atoms with Crippen LogP contribution in [-0.4, -0.2) is 124 Å². The van der Waals surface area contributed by atoms with Crippen molar-refractivity contribution in [3.05, 3.63) is 11.6 Å². The fourth-order valence-corrected chi connectivity index (χ4v) is 12.3. The Morgan fingerprint density at radius 2 is 1.64 bits per heavy atom. The van der Waals surface area contributed by atoms with Crippen molar-refractivity contribution in [2.45, 2.75) is 159 Å². The zero-order valence-corrected chi connectivity index (χ0v) is 30.0. The van der Waals surface area contributed by atoms with Crippen LogP contribution in [0.15, 0.2) is 11.6 Å². The highest BCUT2D eigenvalue weighted by molar-refractivity contribution is 5.26. The highest BCUT2D eigenvalue weighted by Crippen LogP contribution is 2.70. The fraction of sp³-hybridized carbons (Fsp3) is 0.947. The van der Waals surface area contributed by atoms with Gasteiger partial charge in [-0.05, 0) is 91.8 Å². The number of hydrogen-bond donors (Lipinski definition) is 6. The van der Waals surface area contributed by atoms with Crippen molar-refractivity contribution in [1.82, 2.24) is 0 Å². The van der Waals surface area contributed by atoms with Gasteiger partial charge in [0.05, 0.1) is 32.0 Å².